The van der Waals surface area contributed by atoms with Gasteiger partial charge in [-0.05, 0) is 32.9 Å². The predicted molar refractivity (Wildman–Crippen MR) is 112 cm³/mol. The minimum absolute atomic E-state index is 0.0996. The van der Waals surface area contributed by atoms with Crippen molar-refractivity contribution in [2.24, 2.45) is 0 Å². The zero-order valence-electron chi connectivity index (χ0n) is 16.9. The van der Waals surface area contributed by atoms with Gasteiger partial charge in [0.15, 0.2) is 11.6 Å². The Balaban J connectivity index is 1.92. The molecule has 3 heterocycles. The summed E-state index contributed by atoms with van der Waals surface area (Å²) in [4.78, 5) is 12.2. The second-order valence-corrected chi connectivity index (χ2v) is 9.29. The molecule has 0 fully saturated rings. The van der Waals surface area contributed by atoms with Gasteiger partial charge in [-0.3, -0.25) is 14.3 Å². The first-order valence-corrected chi connectivity index (χ1v) is 11.0. The first-order chi connectivity index (χ1) is 14.2. The van der Waals surface area contributed by atoms with Crippen LogP contribution in [0.5, 0.6) is 0 Å². The molecule has 2 atom stereocenters. The van der Waals surface area contributed by atoms with E-state index in [0.29, 0.717) is 10.8 Å². The van der Waals surface area contributed by atoms with Crippen molar-refractivity contribution in [3.05, 3.63) is 47.8 Å². The molecule has 0 aliphatic rings. The number of aromatic nitrogens is 6. The normalized spacial score (nSPS) is 13.9. The van der Waals surface area contributed by atoms with Gasteiger partial charge in [-0.1, -0.05) is 11.6 Å². The summed E-state index contributed by atoms with van der Waals surface area (Å²) in [5, 5.41) is 7.53. The van der Waals surface area contributed by atoms with Crippen molar-refractivity contribution in [2.75, 3.05) is 11.8 Å². The first-order valence-electron chi connectivity index (χ1n) is 9.11. The van der Waals surface area contributed by atoms with Gasteiger partial charge >= 0.3 is 0 Å². The molecule has 3 aromatic heterocycles. The van der Waals surface area contributed by atoms with Gasteiger partial charge in [0.2, 0.25) is 16.0 Å². The summed E-state index contributed by atoms with van der Waals surface area (Å²) in [5.41, 5.74) is 0.724. The maximum absolute atomic E-state index is 13.1. The molecule has 10 nitrogen and oxygen atoms in total. The van der Waals surface area contributed by atoms with Gasteiger partial charge < -0.3 is 4.74 Å². The van der Waals surface area contributed by atoms with Crippen LogP contribution in [0.2, 0.25) is 5.02 Å². The van der Waals surface area contributed by atoms with Crippen molar-refractivity contribution in [3.63, 3.8) is 0 Å². The number of nitrogens with zero attached hydrogens (tertiary/aromatic N) is 6. The molecular formula is C18H22ClN7O3S. The number of sulfonamides is 1. The fourth-order valence-electron chi connectivity index (χ4n) is 2.90. The summed E-state index contributed by atoms with van der Waals surface area (Å²) in [5.74, 6) is 0.816. The molecule has 0 bridgehead atoms. The van der Waals surface area contributed by atoms with Crippen molar-refractivity contribution < 1.29 is 13.2 Å². The summed E-state index contributed by atoms with van der Waals surface area (Å²) in [6, 6.07) is 3.49. The molecule has 0 aromatic carbocycles. The van der Waals surface area contributed by atoms with Crippen LogP contribution in [0.15, 0.2) is 36.9 Å². The van der Waals surface area contributed by atoms with Crippen LogP contribution in [0.4, 0.5) is 5.95 Å². The quantitative estimate of drug-likeness (QED) is 0.554. The molecule has 3 rings (SSSR count). The molecule has 160 valence electrons. The smallest absolute Gasteiger partial charge is 0.240 e. The lowest BCUT2D eigenvalue weighted by atomic mass is 10.2. The largest absolute Gasteiger partial charge is 0.372 e. The maximum Gasteiger partial charge on any atom is 0.240 e. The fraction of sp³-hybridized carbons (Fsp3) is 0.389. The van der Waals surface area contributed by atoms with Crippen molar-refractivity contribution in [1.29, 1.82) is 0 Å². The van der Waals surface area contributed by atoms with Crippen LogP contribution in [-0.4, -0.2) is 50.5 Å². The van der Waals surface area contributed by atoms with E-state index in [1.807, 2.05) is 19.9 Å². The van der Waals surface area contributed by atoms with E-state index < -0.39 is 21.4 Å². The summed E-state index contributed by atoms with van der Waals surface area (Å²) in [7, 11) is -2.54. The Bertz CT molecular complexity index is 1090. The number of rotatable bonds is 8. The van der Waals surface area contributed by atoms with E-state index in [0.717, 1.165) is 5.56 Å². The number of pyridine rings is 1. The van der Waals surface area contributed by atoms with E-state index in [2.05, 4.69) is 29.9 Å². The van der Waals surface area contributed by atoms with Gasteiger partial charge in [0.25, 0.3) is 0 Å². The zero-order chi connectivity index (χ0) is 21.9. The van der Waals surface area contributed by atoms with Crippen molar-refractivity contribution in [1.82, 2.24) is 29.7 Å². The second-order valence-electron chi connectivity index (χ2n) is 6.82. The highest BCUT2D eigenvalue weighted by molar-refractivity contribution is 7.93. The lowest BCUT2D eigenvalue weighted by molar-refractivity contribution is 0.0950. The Morgan fingerprint density at radius 3 is 2.40 bits per heavy atom. The summed E-state index contributed by atoms with van der Waals surface area (Å²) in [6.45, 7) is 5.32. The highest BCUT2D eigenvalue weighted by atomic mass is 35.5. The van der Waals surface area contributed by atoms with Gasteiger partial charge in [-0.25, -0.2) is 18.4 Å². The summed E-state index contributed by atoms with van der Waals surface area (Å²) in [6.07, 6.45) is 5.15. The third-order valence-electron chi connectivity index (χ3n) is 4.43. The van der Waals surface area contributed by atoms with Crippen LogP contribution < -0.4 is 4.72 Å². The molecule has 2 unspecified atom stereocenters. The maximum atomic E-state index is 13.1. The third kappa shape index (κ3) is 4.58. The molecule has 0 saturated carbocycles. The molecular weight excluding hydrogens is 430 g/mol. The van der Waals surface area contributed by atoms with E-state index in [4.69, 9.17) is 16.3 Å². The van der Waals surface area contributed by atoms with Crippen LogP contribution in [0.25, 0.3) is 11.4 Å². The van der Waals surface area contributed by atoms with Crippen molar-refractivity contribution in [2.45, 2.75) is 38.2 Å². The van der Waals surface area contributed by atoms with Crippen molar-refractivity contribution >= 4 is 27.6 Å². The van der Waals surface area contributed by atoms with Crippen LogP contribution in [0, 0.1) is 0 Å². The van der Waals surface area contributed by atoms with E-state index in [1.165, 1.54) is 26.4 Å². The van der Waals surface area contributed by atoms with E-state index in [1.54, 1.807) is 23.0 Å². The first kappa shape index (κ1) is 22.1. The SMILES string of the molecule is COC(c1ncc(Cl)cn1)C(C)S(=O)(=O)Nc1nnc(-c2cccnc2)n1C(C)C. The Hall–Kier alpha value is -2.63. The number of hydrogen-bond donors (Lipinski definition) is 1. The summed E-state index contributed by atoms with van der Waals surface area (Å²) < 4.78 is 35.8. The van der Waals surface area contributed by atoms with E-state index >= 15 is 0 Å². The molecule has 0 radical (unpaired) electrons. The molecule has 0 aliphatic heterocycles. The average molecular weight is 452 g/mol. The number of halogens is 1. The monoisotopic (exact) mass is 451 g/mol. The lowest BCUT2D eigenvalue weighted by Crippen LogP contribution is -2.33. The molecule has 0 amide bonds. The van der Waals surface area contributed by atoms with Crippen LogP contribution in [-0.2, 0) is 14.8 Å². The Morgan fingerprint density at radius 1 is 1.13 bits per heavy atom. The van der Waals surface area contributed by atoms with Gasteiger partial charge in [0.05, 0.1) is 5.02 Å². The second kappa shape index (κ2) is 9.02. The summed E-state index contributed by atoms with van der Waals surface area (Å²) >= 11 is 5.82. The molecule has 12 heteroatoms. The number of methoxy groups -OCH3 is 1. The number of anilines is 1. The zero-order valence-corrected chi connectivity index (χ0v) is 18.5. The standard InChI is InChI=1S/C18H22ClN7O3S/c1-11(2)26-17(13-6-5-7-20-8-13)23-24-18(26)25-30(27,28)12(3)15(29-4)16-21-9-14(19)10-22-16/h5-12,15H,1-4H3,(H,24,25). The fourth-order valence-corrected chi connectivity index (χ4v) is 4.14. The molecule has 30 heavy (non-hydrogen) atoms. The molecule has 1 N–H and O–H groups in total. The molecule has 3 aromatic rings. The Kier molecular flexibility index (Phi) is 6.64. The van der Waals surface area contributed by atoms with Gasteiger partial charge in [-0.15, -0.1) is 10.2 Å². The molecule has 0 aliphatic carbocycles. The van der Waals surface area contributed by atoms with Gasteiger partial charge in [-0.2, -0.15) is 0 Å². The lowest BCUT2D eigenvalue weighted by Gasteiger charge is -2.22. The number of ether oxygens (including phenoxy) is 1. The highest BCUT2D eigenvalue weighted by Crippen LogP contribution is 2.28. The Morgan fingerprint density at radius 2 is 1.83 bits per heavy atom. The van der Waals surface area contributed by atoms with Crippen molar-refractivity contribution in [3.8, 4) is 11.4 Å². The third-order valence-corrected chi connectivity index (χ3v) is 6.32. The van der Waals surface area contributed by atoms with Crippen LogP contribution in [0.1, 0.15) is 38.7 Å². The van der Waals surface area contributed by atoms with Crippen LogP contribution >= 0.6 is 11.6 Å². The number of nitrogens with one attached hydrogen (secondary N) is 1. The minimum atomic E-state index is -3.93. The van der Waals surface area contributed by atoms with E-state index in [9.17, 15) is 8.42 Å². The highest BCUT2D eigenvalue weighted by Gasteiger charge is 2.34. The predicted octanol–water partition coefficient (Wildman–Crippen LogP) is 2.88. The minimum Gasteiger partial charge on any atom is -0.372 e. The Labute approximate surface area is 179 Å². The van der Waals surface area contributed by atoms with Gasteiger partial charge in [0.1, 0.15) is 11.4 Å². The van der Waals surface area contributed by atoms with Crippen LogP contribution in [0.3, 0.4) is 0 Å². The molecule has 0 saturated heterocycles. The average Bonchev–Trinajstić information content (AvgIpc) is 3.13. The topological polar surface area (TPSA) is 125 Å². The van der Waals surface area contributed by atoms with Gasteiger partial charge in [0, 0.05) is 43.5 Å². The number of hydrogen-bond acceptors (Lipinski definition) is 8. The molecule has 0 spiro atoms. The van der Waals surface area contributed by atoms with E-state index in [-0.39, 0.29) is 17.8 Å².